The van der Waals surface area contributed by atoms with Crippen LogP contribution in [0.4, 0.5) is 5.69 Å². The molecular weight excluding hydrogens is 308 g/mol. The number of thiazole rings is 1. The van der Waals surface area contributed by atoms with Gasteiger partial charge in [0.05, 0.1) is 11.4 Å². The summed E-state index contributed by atoms with van der Waals surface area (Å²) in [6, 6.07) is 8.27. The van der Waals surface area contributed by atoms with Crippen LogP contribution in [0.2, 0.25) is 0 Å². The number of fused-ring (bicyclic) bond motifs is 1. The van der Waals surface area contributed by atoms with E-state index in [-0.39, 0.29) is 0 Å². The van der Waals surface area contributed by atoms with Crippen molar-refractivity contribution >= 4 is 22.0 Å². The number of nitrogens with zero attached hydrogens (tertiary/aromatic N) is 3. The third-order valence-corrected chi connectivity index (χ3v) is 4.75. The number of aromatic nitrogens is 2. The summed E-state index contributed by atoms with van der Waals surface area (Å²) in [6.07, 6.45) is 1.27. The number of hydrogen-bond acceptors (Lipinski definition) is 5. The molecule has 0 aliphatic carbocycles. The Morgan fingerprint density at radius 1 is 1.35 bits per heavy atom. The first-order valence-electron chi connectivity index (χ1n) is 7.58. The van der Waals surface area contributed by atoms with E-state index in [1.54, 1.807) is 11.3 Å². The van der Waals surface area contributed by atoms with Crippen molar-refractivity contribution in [3.05, 3.63) is 52.3 Å². The van der Waals surface area contributed by atoms with Gasteiger partial charge in [0.15, 0.2) is 4.96 Å². The second kappa shape index (κ2) is 6.31. The van der Waals surface area contributed by atoms with Gasteiger partial charge in [0, 0.05) is 37.4 Å². The average molecular weight is 330 g/mol. The van der Waals surface area contributed by atoms with Crippen LogP contribution in [0.15, 0.2) is 30.5 Å². The summed E-state index contributed by atoms with van der Waals surface area (Å²) >= 11 is 1.63. The minimum Gasteiger partial charge on any atom is -0.378 e. The zero-order chi connectivity index (χ0) is 16.6. The van der Waals surface area contributed by atoms with Crippen LogP contribution in [0.25, 0.3) is 4.96 Å². The first-order chi connectivity index (χ1) is 11.0. The van der Waals surface area contributed by atoms with Gasteiger partial charge in [-0.15, -0.1) is 11.3 Å². The quantitative estimate of drug-likeness (QED) is 0.706. The summed E-state index contributed by atoms with van der Waals surface area (Å²) in [5.74, 6) is 0. The molecule has 0 aliphatic rings. The zero-order valence-electron chi connectivity index (χ0n) is 13.9. The lowest BCUT2D eigenvalue weighted by atomic mass is 10.2. The summed E-state index contributed by atoms with van der Waals surface area (Å²) in [5, 5.41) is 13.8. The Morgan fingerprint density at radius 3 is 2.87 bits per heavy atom. The van der Waals surface area contributed by atoms with Gasteiger partial charge in [-0.25, -0.2) is 4.98 Å². The number of benzene rings is 1. The van der Waals surface area contributed by atoms with Gasteiger partial charge in [0.1, 0.15) is 6.23 Å². The second-order valence-corrected chi connectivity index (χ2v) is 7.14. The van der Waals surface area contributed by atoms with Crippen molar-refractivity contribution in [3.8, 4) is 0 Å². The fourth-order valence-corrected chi connectivity index (χ4v) is 3.54. The number of aliphatic hydroxyl groups is 1. The third kappa shape index (κ3) is 3.24. The molecule has 23 heavy (non-hydrogen) atoms. The summed E-state index contributed by atoms with van der Waals surface area (Å²) in [7, 11) is 4.04. The lowest BCUT2D eigenvalue weighted by molar-refractivity contribution is 0.131. The normalized spacial score (nSPS) is 12.7. The van der Waals surface area contributed by atoms with E-state index in [4.69, 9.17) is 0 Å². The van der Waals surface area contributed by atoms with E-state index < -0.39 is 6.23 Å². The Labute approximate surface area is 140 Å². The zero-order valence-corrected chi connectivity index (χ0v) is 14.7. The minimum absolute atomic E-state index is 0.596. The molecule has 0 fully saturated rings. The second-order valence-electron chi connectivity index (χ2n) is 5.92. The maximum absolute atomic E-state index is 10.6. The van der Waals surface area contributed by atoms with Crippen LogP contribution in [-0.4, -0.2) is 28.6 Å². The van der Waals surface area contributed by atoms with Crippen LogP contribution in [-0.2, 0) is 6.54 Å². The van der Waals surface area contributed by atoms with Gasteiger partial charge in [-0.3, -0.25) is 9.72 Å². The van der Waals surface area contributed by atoms with E-state index in [0.717, 1.165) is 27.6 Å². The first kappa shape index (κ1) is 16.0. The molecule has 1 aromatic carbocycles. The van der Waals surface area contributed by atoms with Crippen LogP contribution >= 0.6 is 11.3 Å². The van der Waals surface area contributed by atoms with Gasteiger partial charge in [0.25, 0.3) is 0 Å². The van der Waals surface area contributed by atoms with Crippen LogP contribution in [0, 0.1) is 13.8 Å². The van der Waals surface area contributed by atoms with Gasteiger partial charge in [-0.1, -0.05) is 12.1 Å². The van der Waals surface area contributed by atoms with E-state index >= 15 is 0 Å². The fraction of sp³-hybridized carbons (Fsp3) is 0.353. The van der Waals surface area contributed by atoms with Crippen molar-refractivity contribution in [2.45, 2.75) is 26.6 Å². The molecule has 2 N–H and O–H groups in total. The van der Waals surface area contributed by atoms with E-state index in [0.29, 0.717) is 6.54 Å². The smallest absolute Gasteiger partial charge is 0.194 e. The minimum atomic E-state index is -0.748. The molecule has 6 heteroatoms. The first-order valence-corrected chi connectivity index (χ1v) is 8.40. The van der Waals surface area contributed by atoms with Crippen LogP contribution in [0.1, 0.15) is 28.1 Å². The number of nitrogens with one attached hydrogen (secondary N) is 1. The Bertz CT molecular complexity index is 821. The molecular formula is C17H22N4OS. The summed E-state index contributed by atoms with van der Waals surface area (Å²) < 4.78 is 1.98. The van der Waals surface area contributed by atoms with Crippen molar-refractivity contribution in [1.29, 1.82) is 0 Å². The predicted molar refractivity (Wildman–Crippen MR) is 95.1 cm³/mol. The van der Waals surface area contributed by atoms with Crippen molar-refractivity contribution in [3.63, 3.8) is 0 Å². The molecule has 1 atom stereocenters. The van der Waals surface area contributed by atoms with Crippen molar-refractivity contribution in [2.75, 3.05) is 19.0 Å². The monoisotopic (exact) mass is 330 g/mol. The Balaban J connectivity index is 1.77. The van der Waals surface area contributed by atoms with Gasteiger partial charge >= 0.3 is 0 Å². The standard InChI is InChI=1S/C17H22N4OS/c1-11-10-21-15(12(2)19-17(21)23-11)16(22)18-9-13-6-5-7-14(8-13)20(3)4/h5-8,10,16,18,22H,9H2,1-4H3. The predicted octanol–water partition coefficient (Wildman–Crippen LogP) is 2.86. The van der Waals surface area contributed by atoms with Gasteiger partial charge in [0.2, 0.25) is 0 Å². The van der Waals surface area contributed by atoms with Crippen LogP contribution in [0.5, 0.6) is 0 Å². The molecule has 0 bridgehead atoms. The maximum Gasteiger partial charge on any atom is 0.194 e. The molecule has 0 spiro atoms. The fourth-order valence-electron chi connectivity index (χ4n) is 2.67. The molecule has 5 nitrogen and oxygen atoms in total. The van der Waals surface area contributed by atoms with Crippen LogP contribution < -0.4 is 10.2 Å². The highest BCUT2D eigenvalue weighted by atomic mass is 32.1. The Kier molecular flexibility index (Phi) is 4.39. The Hall–Kier alpha value is -1.89. The Morgan fingerprint density at radius 2 is 2.13 bits per heavy atom. The number of aliphatic hydroxyl groups excluding tert-OH is 1. The summed E-state index contributed by atoms with van der Waals surface area (Å²) in [6.45, 7) is 4.58. The van der Waals surface area contributed by atoms with E-state index in [1.165, 1.54) is 4.88 Å². The van der Waals surface area contributed by atoms with E-state index in [9.17, 15) is 5.11 Å². The number of hydrogen-bond donors (Lipinski definition) is 2. The number of aryl methyl sites for hydroxylation is 2. The highest BCUT2D eigenvalue weighted by Gasteiger charge is 2.18. The lowest BCUT2D eigenvalue weighted by Gasteiger charge is -2.16. The van der Waals surface area contributed by atoms with Gasteiger partial charge in [-0.2, -0.15) is 0 Å². The highest BCUT2D eigenvalue weighted by molar-refractivity contribution is 7.17. The van der Waals surface area contributed by atoms with Crippen molar-refractivity contribution in [2.24, 2.45) is 0 Å². The summed E-state index contributed by atoms with van der Waals surface area (Å²) in [4.78, 5) is 8.69. The molecule has 0 aliphatic heterocycles. The topological polar surface area (TPSA) is 52.8 Å². The largest absolute Gasteiger partial charge is 0.378 e. The number of imidazole rings is 1. The molecule has 3 aromatic rings. The third-order valence-electron chi connectivity index (χ3n) is 3.85. The molecule has 0 radical (unpaired) electrons. The number of rotatable bonds is 5. The SMILES string of the molecule is Cc1cn2c(C(O)NCc3cccc(N(C)C)c3)c(C)nc2s1. The van der Waals surface area contributed by atoms with E-state index in [2.05, 4.69) is 33.4 Å². The highest BCUT2D eigenvalue weighted by Crippen LogP contribution is 2.24. The van der Waals surface area contributed by atoms with E-state index in [1.807, 2.05) is 44.6 Å². The molecule has 2 aromatic heterocycles. The summed E-state index contributed by atoms with van der Waals surface area (Å²) in [5.41, 5.74) is 3.96. The molecule has 2 heterocycles. The van der Waals surface area contributed by atoms with Crippen molar-refractivity contribution in [1.82, 2.24) is 14.7 Å². The molecule has 122 valence electrons. The molecule has 1 unspecified atom stereocenters. The van der Waals surface area contributed by atoms with Crippen molar-refractivity contribution < 1.29 is 5.11 Å². The van der Waals surface area contributed by atoms with Gasteiger partial charge in [-0.05, 0) is 31.5 Å². The van der Waals surface area contributed by atoms with Gasteiger partial charge < -0.3 is 10.0 Å². The maximum atomic E-state index is 10.6. The molecule has 0 saturated carbocycles. The molecule has 3 rings (SSSR count). The number of anilines is 1. The van der Waals surface area contributed by atoms with Crippen LogP contribution in [0.3, 0.4) is 0 Å². The lowest BCUT2D eigenvalue weighted by Crippen LogP contribution is -2.22. The molecule has 0 saturated heterocycles. The molecule has 0 amide bonds. The average Bonchev–Trinajstić information content (AvgIpc) is 2.99.